The molecule has 0 unspecified atom stereocenters. The van der Waals surface area contributed by atoms with Crippen LogP contribution in [0.4, 0.5) is 0 Å². The number of aromatic nitrogens is 3. The zero-order valence-corrected chi connectivity index (χ0v) is 16.7. The summed E-state index contributed by atoms with van der Waals surface area (Å²) in [5.41, 5.74) is 3.46. The van der Waals surface area contributed by atoms with Gasteiger partial charge in [-0.15, -0.1) is 22.7 Å². The molecule has 0 aliphatic carbocycles. The van der Waals surface area contributed by atoms with E-state index >= 15 is 0 Å². The SMILES string of the molecule is O=C(NCc1cccs1)c1ccc2onc(-c3csc(-c4cccnc4)n3)c2c1. The third-order valence-corrected chi connectivity index (χ3v) is 6.16. The van der Waals surface area contributed by atoms with Gasteiger partial charge in [0.25, 0.3) is 5.91 Å². The zero-order chi connectivity index (χ0) is 19.6. The van der Waals surface area contributed by atoms with Gasteiger partial charge in [0.1, 0.15) is 16.4 Å². The van der Waals surface area contributed by atoms with Crippen LogP contribution < -0.4 is 5.32 Å². The molecule has 8 heteroatoms. The molecule has 6 nitrogen and oxygen atoms in total. The number of carbonyl (C=O) groups excluding carboxylic acids is 1. The van der Waals surface area contributed by atoms with Crippen LogP contribution in [0.5, 0.6) is 0 Å². The number of amides is 1. The minimum atomic E-state index is -0.137. The van der Waals surface area contributed by atoms with Gasteiger partial charge in [0.05, 0.1) is 11.9 Å². The highest BCUT2D eigenvalue weighted by molar-refractivity contribution is 7.13. The second kappa shape index (κ2) is 7.57. The van der Waals surface area contributed by atoms with E-state index in [4.69, 9.17) is 4.52 Å². The average Bonchev–Trinajstić information content (AvgIpc) is 3.52. The molecule has 0 saturated heterocycles. The van der Waals surface area contributed by atoms with Gasteiger partial charge in [-0.25, -0.2) is 4.98 Å². The molecule has 0 aliphatic heterocycles. The molecule has 1 aromatic carbocycles. The van der Waals surface area contributed by atoms with Crippen LogP contribution >= 0.6 is 22.7 Å². The smallest absolute Gasteiger partial charge is 0.251 e. The van der Waals surface area contributed by atoms with Crippen LogP contribution in [0.25, 0.3) is 32.9 Å². The number of thiazole rings is 1. The lowest BCUT2D eigenvalue weighted by atomic mass is 10.1. The van der Waals surface area contributed by atoms with Gasteiger partial charge < -0.3 is 9.84 Å². The number of hydrogen-bond acceptors (Lipinski definition) is 7. The Labute approximate surface area is 173 Å². The van der Waals surface area contributed by atoms with Crippen molar-refractivity contribution < 1.29 is 9.32 Å². The number of benzene rings is 1. The van der Waals surface area contributed by atoms with Gasteiger partial charge in [-0.05, 0) is 41.8 Å². The molecule has 5 aromatic rings. The molecule has 29 heavy (non-hydrogen) atoms. The predicted octanol–water partition coefficient (Wildman–Crippen LogP) is 5.00. The Kier molecular flexibility index (Phi) is 4.63. The molecule has 5 rings (SSSR count). The highest BCUT2D eigenvalue weighted by Gasteiger charge is 2.17. The molecule has 4 heterocycles. The summed E-state index contributed by atoms with van der Waals surface area (Å²) in [6.07, 6.45) is 3.51. The van der Waals surface area contributed by atoms with E-state index in [1.165, 1.54) is 11.3 Å². The molecule has 0 atom stereocenters. The first-order valence-electron chi connectivity index (χ1n) is 8.84. The van der Waals surface area contributed by atoms with Gasteiger partial charge in [-0.1, -0.05) is 11.2 Å². The largest absolute Gasteiger partial charge is 0.356 e. The highest BCUT2D eigenvalue weighted by Crippen LogP contribution is 2.32. The summed E-state index contributed by atoms with van der Waals surface area (Å²) < 4.78 is 5.44. The van der Waals surface area contributed by atoms with Crippen molar-refractivity contribution in [2.75, 3.05) is 0 Å². The minimum absolute atomic E-state index is 0.137. The Bertz CT molecular complexity index is 1280. The lowest BCUT2D eigenvalue weighted by Crippen LogP contribution is -2.22. The Morgan fingerprint density at radius 3 is 2.93 bits per heavy atom. The van der Waals surface area contributed by atoms with E-state index in [9.17, 15) is 4.79 Å². The van der Waals surface area contributed by atoms with Gasteiger partial charge >= 0.3 is 0 Å². The standard InChI is InChI=1S/C21H14N4O2S2/c26-20(23-11-15-4-2-8-28-15)13-5-6-18-16(9-13)19(25-27-18)17-12-29-21(24-17)14-3-1-7-22-10-14/h1-10,12H,11H2,(H,23,26). The zero-order valence-electron chi connectivity index (χ0n) is 15.0. The van der Waals surface area contributed by atoms with Crippen LogP contribution in [0.2, 0.25) is 0 Å². The van der Waals surface area contributed by atoms with Gasteiger partial charge in [-0.3, -0.25) is 9.78 Å². The van der Waals surface area contributed by atoms with Crippen molar-refractivity contribution in [3.05, 3.63) is 76.1 Å². The quantitative estimate of drug-likeness (QED) is 0.434. The second-order valence-corrected chi connectivity index (χ2v) is 8.17. The molecule has 0 aliphatic rings. The molecule has 0 fully saturated rings. The van der Waals surface area contributed by atoms with Crippen molar-refractivity contribution >= 4 is 39.5 Å². The van der Waals surface area contributed by atoms with Crippen molar-refractivity contribution in [1.82, 2.24) is 20.4 Å². The summed E-state index contributed by atoms with van der Waals surface area (Å²) in [5, 5.41) is 12.7. The Hall–Kier alpha value is -3.36. The van der Waals surface area contributed by atoms with Crippen LogP contribution in [0.15, 0.2) is 70.1 Å². The van der Waals surface area contributed by atoms with E-state index in [0.29, 0.717) is 29.1 Å². The lowest BCUT2D eigenvalue weighted by molar-refractivity contribution is 0.0951. The summed E-state index contributed by atoms with van der Waals surface area (Å²) in [6.45, 7) is 0.506. The molecule has 4 aromatic heterocycles. The maximum Gasteiger partial charge on any atom is 0.251 e. The van der Waals surface area contributed by atoms with E-state index in [0.717, 1.165) is 20.8 Å². The van der Waals surface area contributed by atoms with E-state index in [-0.39, 0.29) is 5.91 Å². The molecular weight excluding hydrogens is 404 g/mol. The van der Waals surface area contributed by atoms with Crippen molar-refractivity contribution in [1.29, 1.82) is 0 Å². The normalized spacial score (nSPS) is 11.0. The molecule has 0 bridgehead atoms. The topological polar surface area (TPSA) is 80.9 Å². The fourth-order valence-corrected chi connectivity index (χ4v) is 4.39. The van der Waals surface area contributed by atoms with Gasteiger partial charge in [0.15, 0.2) is 5.58 Å². The first-order valence-corrected chi connectivity index (χ1v) is 10.6. The molecule has 0 spiro atoms. The van der Waals surface area contributed by atoms with E-state index in [1.54, 1.807) is 41.9 Å². The van der Waals surface area contributed by atoms with Crippen LogP contribution in [-0.2, 0) is 6.54 Å². The molecule has 0 saturated carbocycles. The number of pyridine rings is 1. The van der Waals surface area contributed by atoms with E-state index in [1.807, 2.05) is 35.0 Å². The molecule has 0 radical (unpaired) electrons. The van der Waals surface area contributed by atoms with E-state index < -0.39 is 0 Å². The first kappa shape index (κ1) is 17.7. The van der Waals surface area contributed by atoms with Gasteiger partial charge in [0.2, 0.25) is 0 Å². The Morgan fingerprint density at radius 1 is 1.14 bits per heavy atom. The number of carbonyl (C=O) groups is 1. The van der Waals surface area contributed by atoms with Crippen LogP contribution in [0, 0.1) is 0 Å². The average molecular weight is 419 g/mol. The molecular formula is C21H14N4O2S2. The molecule has 1 amide bonds. The third kappa shape index (κ3) is 3.55. The van der Waals surface area contributed by atoms with Gasteiger partial charge in [-0.2, -0.15) is 0 Å². The summed E-state index contributed by atoms with van der Waals surface area (Å²) in [5.74, 6) is -0.137. The fraction of sp³-hybridized carbons (Fsp3) is 0.0476. The Balaban J connectivity index is 1.44. The van der Waals surface area contributed by atoms with Crippen LogP contribution in [-0.4, -0.2) is 21.0 Å². The van der Waals surface area contributed by atoms with Gasteiger partial charge in [0, 0.05) is 33.8 Å². The number of fused-ring (bicyclic) bond motifs is 1. The number of nitrogens with zero attached hydrogens (tertiary/aromatic N) is 3. The van der Waals surface area contributed by atoms with E-state index in [2.05, 4.69) is 20.4 Å². The monoisotopic (exact) mass is 418 g/mol. The minimum Gasteiger partial charge on any atom is -0.356 e. The van der Waals surface area contributed by atoms with Crippen molar-refractivity contribution in [2.45, 2.75) is 6.54 Å². The number of hydrogen-bond donors (Lipinski definition) is 1. The summed E-state index contributed by atoms with van der Waals surface area (Å²) in [4.78, 5) is 22.5. The summed E-state index contributed by atoms with van der Waals surface area (Å²) in [7, 11) is 0. The highest BCUT2D eigenvalue weighted by atomic mass is 32.1. The summed E-state index contributed by atoms with van der Waals surface area (Å²) >= 11 is 3.13. The fourth-order valence-electron chi connectivity index (χ4n) is 2.95. The molecule has 1 N–H and O–H groups in total. The van der Waals surface area contributed by atoms with Crippen molar-refractivity contribution in [3.63, 3.8) is 0 Å². The third-order valence-electron chi connectivity index (χ3n) is 4.39. The lowest BCUT2D eigenvalue weighted by Gasteiger charge is -2.03. The maximum absolute atomic E-state index is 12.6. The maximum atomic E-state index is 12.6. The van der Waals surface area contributed by atoms with Crippen molar-refractivity contribution in [3.8, 4) is 22.0 Å². The van der Waals surface area contributed by atoms with Crippen molar-refractivity contribution in [2.24, 2.45) is 0 Å². The predicted molar refractivity (Wildman–Crippen MR) is 114 cm³/mol. The first-order chi connectivity index (χ1) is 14.3. The second-order valence-electron chi connectivity index (χ2n) is 6.28. The number of rotatable bonds is 5. The number of thiophene rings is 1. The number of nitrogens with one attached hydrogen (secondary N) is 1. The summed E-state index contributed by atoms with van der Waals surface area (Å²) in [6, 6.07) is 13.1. The molecule has 142 valence electrons. The Morgan fingerprint density at radius 2 is 2.10 bits per heavy atom. The van der Waals surface area contributed by atoms with Crippen LogP contribution in [0.3, 0.4) is 0 Å². The van der Waals surface area contributed by atoms with Crippen LogP contribution in [0.1, 0.15) is 15.2 Å².